The molecule has 0 N–H and O–H groups in total. The van der Waals surface area contributed by atoms with Crippen molar-refractivity contribution in [3.63, 3.8) is 0 Å². The van der Waals surface area contributed by atoms with Gasteiger partial charge in [-0.25, -0.2) is 24.6 Å². The number of nitriles is 1. The lowest BCUT2D eigenvalue weighted by Gasteiger charge is -2.12. The van der Waals surface area contributed by atoms with Crippen molar-refractivity contribution in [2.45, 2.75) is 0 Å². The third-order valence-electron chi connectivity index (χ3n) is 10.1. The second kappa shape index (κ2) is 13.4. The molecule has 0 aliphatic carbocycles. The van der Waals surface area contributed by atoms with Crippen LogP contribution >= 0.6 is 0 Å². The number of hydrogen-bond donors (Lipinski definition) is 0. The number of fused-ring (bicyclic) bond motifs is 6. The fraction of sp³-hybridized carbons (Fsp3) is 0. The first-order valence-corrected chi connectivity index (χ1v) is 18.2. The molecule has 3 heterocycles. The molecule has 0 saturated heterocycles. The maximum atomic E-state index is 9.67. The number of imidazole rings is 3. The second-order valence-corrected chi connectivity index (χ2v) is 13.4. The minimum absolute atomic E-state index is 0.538. The summed E-state index contributed by atoms with van der Waals surface area (Å²) in [6, 6.07) is 55.1. The van der Waals surface area contributed by atoms with E-state index in [0.29, 0.717) is 51.0 Å². The van der Waals surface area contributed by atoms with Gasteiger partial charge in [-0.3, -0.25) is 13.7 Å². The zero-order chi connectivity index (χ0) is 38.5. The Labute approximate surface area is 326 Å². The van der Waals surface area contributed by atoms with Crippen molar-refractivity contribution >= 4 is 44.5 Å². The van der Waals surface area contributed by atoms with Gasteiger partial charge in [-0.1, -0.05) is 103 Å². The van der Waals surface area contributed by atoms with E-state index in [2.05, 4.69) is 65.9 Å². The topological polar surface area (TPSA) is 86.0 Å². The second-order valence-electron chi connectivity index (χ2n) is 13.4. The van der Waals surface area contributed by atoms with Crippen molar-refractivity contribution in [1.82, 2.24) is 28.7 Å². The third-order valence-corrected chi connectivity index (χ3v) is 10.1. The molecule has 9 heteroatoms. The number of rotatable bonds is 6. The Kier molecular flexibility index (Phi) is 7.75. The summed E-state index contributed by atoms with van der Waals surface area (Å²) in [6.45, 7) is 15.2. The molecule has 57 heavy (non-hydrogen) atoms. The molecule has 10 aromatic rings. The predicted octanol–water partition coefficient (Wildman–Crippen LogP) is 11.7. The number of aromatic nitrogens is 6. The average molecular weight is 730 g/mol. The average Bonchev–Trinajstić information content (AvgIpc) is 4.00. The molecule has 264 valence electrons. The monoisotopic (exact) mass is 729 g/mol. The zero-order valence-electron chi connectivity index (χ0n) is 30.1. The summed E-state index contributed by atoms with van der Waals surface area (Å²) in [5.41, 5.74) is 11.2. The molecule has 0 bridgehead atoms. The lowest BCUT2D eigenvalue weighted by molar-refractivity contribution is 1.10. The first-order chi connectivity index (χ1) is 28.1. The summed E-state index contributed by atoms with van der Waals surface area (Å²) in [7, 11) is 0. The Morgan fingerprint density at radius 2 is 0.702 bits per heavy atom. The summed E-state index contributed by atoms with van der Waals surface area (Å²) in [5, 5.41) is 9.67. The third kappa shape index (κ3) is 5.33. The number of para-hydroxylation sites is 3. The standard InChI is InChI=1S/C48H27N9/c1-50-35-26-22-33(23-27-35)47-53-41-43-40(52-46(32-20-18-31(30-49)19-21-32)55(43)37-12-6-3-7-13-37)44-42(45(41)57(47)39-16-10-5-11-17-39)54-48(34-24-28-36(51-2)29-25-34)56(44)38-14-8-4-9-15-38/h3-29H. The van der Waals surface area contributed by atoms with E-state index in [1.807, 2.05) is 127 Å². The molecule has 0 spiro atoms. The van der Waals surface area contributed by atoms with Gasteiger partial charge >= 0.3 is 0 Å². The quantitative estimate of drug-likeness (QED) is 0.159. The van der Waals surface area contributed by atoms with E-state index in [0.717, 1.165) is 50.3 Å². The van der Waals surface area contributed by atoms with E-state index in [-0.39, 0.29) is 0 Å². The van der Waals surface area contributed by atoms with E-state index in [1.54, 1.807) is 0 Å². The first-order valence-electron chi connectivity index (χ1n) is 18.2. The van der Waals surface area contributed by atoms with Gasteiger partial charge in [0.25, 0.3) is 0 Å². The minimum atomic E-state index is 0.538. The summed E-state index contributed by atoms with van der Waals surface area (Å²) in [4.78, 5) is 23.8. The number of nitrogens with zero attached hydrogens (tertiary/aromatic N) is 9. The van der Waals surface area contributed by atoms with Crippen LogP contribution in [0.2, 0.25) is 0 Å². The van der Waals surface area contributed by atoms with E-state index in [9.17, 15) is 5.26 Å². The van der Waals surface area contributed by atoms with Crippen molar-refractivity contribution in [1.29, 1.82) is 5.26 Å². The smallest absolute Gasteiger partial charge is 0.187 e. The van der Waals surface area contributed by atoms with Crippen LogP contribution < -0.4 is 0 Å². The Bertz CT molecular complexity index is 2880. The maximum Gasteiger partial charge on any atom is 0.187 e. The molecule has 0 amide bonds. The van der Waals surface area contributed by atoms with Gasteiger partial charge < -0.3 is 0 Å². The molecule has 0 unspecified atom stereocenters. The van der Waals surface area contributed by atoms with E-state index < -0.39 is 0 Å². The molecule has 0 saturated carbocycles. The lowest BCUT2D eigenvalue weighted by Crippen LogP contribution is -2.00. The molecule has 3 aromatic heterocycles. The van der Waals surface area contributed by atoms with Crippen LogP contribution in [0.4, 0.5) is 11.4 Å². The highest BCUT2D eigenvalue weighted by Crippen LogP contribution is 2.44. The van der Waals surface area contributed by atoms with E-state index in [4.69, 9.17) is 28.1 Å². The van der Waals surface area contributed by atoms with Gasteiger partial charge in [0, 0.05) is 33.8 Å². The Morgan fingerprint density at radius 1 is 0.404 bits per heavy atom. The van der Waals surface area contributed by atoms with Crippen LogP contribution in [-0.4, -0.2) is 28.7 Å². The fourth-order valence-electron chi connectivity index (χ4n) is 7.54. The SMILES string of the molecule is [C-]#[N+]c1ccc(-c2nc3c(c4nc(-c5ccc(C#N)cc5)n(-c5ccccc5)c4c4nc(-c5ccc([N+]#[C-])cc5)n(-c5ccccc5)c43)n2-c2ccccc2)cc1. The van der Waals surface area contributed by atoms with Crippen LogP contribution in [0.1, 0.15) is 5.56 Å². The number of hydrogen-bond acceptors (Lipinski definition) is 4. The molecule has 9 nitrogen and oxygen atoms in total. The normalized spacial score (nSPS) is 11.1. The fourth-order valence-corrected chi connectivity index (χ4v) is 7.54. The van der Waals surface area contributed by atoms with Gasteiger partial charge in [-0.15, -0.1) is 0 Å². The van der Waals surface area contributed by atoms with Crippen LogP contribution in [0.25, 0.3) is 94.0 Å². The molecule has 0 radical (unpaired) electrons. The molecule has 0 aliphatic rings. The highest BCUT2D eigenvalue weighted by atomic mass is 15.2. The van der Waals surface area contributed by atoms with Crippen LogP contribution in [0.3, 0.4) is 0 Å². The molecular weight excluding hydrogens is 703 g/mol. The summed E-state index contributed by atoms with van der Waals surface area (Å²) < 4.78 is 6.46. The molecular formula is C48H27N9. The number of benzene rings is 7. The Balaban J connectivity index is 1.47. The molecule has 10 rings (SSSR count). The Hall–Kier alpha value is -8.58. The van der Waals surface area contributed by atoms with Crippen molar-refractivity contribution in [3.05, 3.63) is 192 Å². The minimum Gasteiger partial charge on any atom is -0.290 e. The predicted molar refractivity (Wildman–Crippen MR) is 224 cm³/mol. The Morgan fingerprint density at radius 3 is 0.982 bits per heavy atom. The highest BCUT2D eigenvalue weighted by Gasteiger charge is 2.30. The first kappa shape index (κ1) is 33.0. The van der Waals surface area contributed by atoms with E-state index >= 15 is 0 Å². The molecule has 0 atom stereocenters. The lowest BCUT2D eigenvalue weighted by atomic mass is 10.1. The van der Waals surface area contributed by atoms with Crippen molar-refractivity contribution in [2.24, 2.45) is 0 Å². The maximum absolute atomic E-state index is 9.67. The molecule has 7 aromatic carbocycles. The van der Waals surface area contributed by atoms with Gasteiger partial charge in [0.1, 0.15) is 50.6 Å². The van der Waals surface area contributed by atoms with Crippen LogP contribution in [0.15, 0.2) is 164 Å². The van der Waals surface area contributed by atoms with Crippen molar-refractivity contribution in [3.8, 4) is 57.3 Å². The van der Waals surface area contributed by atoms with Crippen molar-refractivity contribution < 1.29 is 0 Å². The molecule has 0 aliphatic heterocycles. The summed E-state index contributed by atoms with van der Waals surface area (Å²) in [6.07, 6.45) is 0. The van der Waals surface area contributed by atoms with Crippen molar-refractivity contribution in [2.75, 3.05) is 0 Å². The van der Waals surface area contributed by atoms with Crippen LogP contribution in [0.5, 0.6) is 0 Å². The van der Waals surface area contributed by atoms with Gasteiger partial charge in [0.2, 0.25) is 0 Å². The van der Waals surface area contributed by atoms with Crippen LogP contribution in [0, 0.1) is 24.5 Å². The van der Waals surface area contributed by atoms with E-state index in [1.165, 1.54) is 0 Å². The molecule has 0 fully saturated rings. The van der Waals surface area contributed by atoms with Gasteiger partial charge in [-0.2, -0.15) is 5.26 Å². The van der Waals surface area contributed by atoms with Gasteiger partial charge in [0.05, 0.1) is 24.8 Å². The van der Waals surface area contributed by atoms with Gasteiger partial charge in [-0.05, 0) is 60.7 Å². The largest absolute Gasteiger partial charge is 0.290 e. The zero-order valence-corrected chi connectivity index (χ0v) is 30.1. The van der Waals surface area contributed by atoms with Crippen LogP contribution in [-0.2, 0) is 0 Å². The summed E-state index contributed by atoms with van der Waals surface area (Å²) in [5.74, 6) is 2.04. The van der Waals surface area contributed by atoms with Gasteiger partial charge in [0.15, 0.2) is 11.4 Å². The highest BCUT2D eigenvalue weighted by molar-refractivity contribution is 6.22. The summed E-state index contributed by atoms with van der Waals surface area (Å²) >= 11 is 0.